The van der Waals surface area contributed by atoms with Crippen molar-refractivity contribution in [3.63, 3.8) is 0 Å². The summed E-state index contributed by atoms with van der Waals surface area (Å²) in [5, 5.41) is 0.745. The predicted octanol–water partition coefficient (Wildman–Crippen LogP) is 3.11. The maximum absolute atomic E-state index is 5.89. The smallest absolute Gasteiger partial charge is 0.127 e. The van der Waals surface area contributed by atoms with Crippen LogP contribution in [-0.2, 0) is 6.54 Å². The maximum Gasteiger partial charge on any atom is 0.127 e. The van der Waals surface area contributed by atoms with E-state index in [4.69, 9.17) is 17.3 Å². The molecule has 0 radical (unpaired) electrons. The number of fused-ring (bicyclic) bond motifs is 1. The van der Waals surface area contributed by atoms with Crippen LogP contribution in [0.4, 0.5) is 0 Å². The topological polar surface area (TPSA) is 43.3 Å². The molecule has 1 aromatic carbocycles. The first-order chi connectivity index (χ1) is 8.78. The van der Waals surface area contributed by atoms with Crippen LogP contribution in [0, 0.1) is 0 Å². The summed E-state index contributed by atoms with van der Waals surface area (Å²) in [5.74, 6) is 0.868. The van der Waals surface area contributed by atoms with Gasteiger partial charge >= 0.3 is 0 Å². The molecule has 0 atom stereocenters. The van der Waals surface area contributed by atoms with Gasteiger partial charge in [-0.2, -0.15) is 0 Å². The minimum atomic E-state index is 0.439. The molecule has 3 aromatic rings. The van der Waals surface area contributed by atoms with Gasteiger partial charge in [-0.3, -0.25) is 0 Å². The van der Waals surface area contributed by atoms with Gasteiger partial charge in [0.25, 0.3) is 0 Å². The lowest BCUT2D eigenvalue weighted by molar-refractivity contribution is 0.904. The number of nitrogens with zero attached hydrogens (tertiary/aromatic N) is 2. The molecule has 0 spiro atoms. The summed E-state index contributed by atoms with van der Waals surface area (Å²) in [4.78, 5) is 4.28. The van der Waals surface area contributed by atoms with E-state index in [0.717, 1.165) is 27.5 Å². The highest BCUT2D eigenvalue weighted by atomic mass is 35.5. The van der Waals surface area contributed by atoms with E-state index < -0.39 is 0 Å². The van der Waals surface area contributed by atoms with Gasteiger partial charge in [0.1, 0.15) is 5.82 Å². The molecule has 0 saturated carbocycles. The fourth-order valence-corrected chi connectivity index (χ4v) is 2.15. The van der Waals surface area contributed by atoms with Gasteiger partial charge in [0.05, 0.1) is 18.3 Å². The lowest BCUT2D eigenvalue weighted by Gasteiger charge is -2.04. The molecular formula is C14H12ClN3. The number of imidazole rings is 1. The lowest BCUT2D eigenvalue weighted by atomic mass is 10.1. The van der Waals surface area contributed by atoms with Crippen LogP contribution in [0.3, 0.4) is 0 Å². The standard InChI is InChI=1S/C14H12ClN3/c15-12-3-1-10(2-4-12)11-5-6-18-13(7-11)9-17-14(18)8-16/h1-7,9H,8,16H2. The molecule has 0 bridgehead atoms. The van der Waals surface area contributed by atoms with E-state index in [1.807, 2.05) is 41.1 Å². The Hall–Kier alpha value is -1.84. The molecule has 2 heterocycles. The highest BCUT2D eigenvalue weighted by Gasteiger charge is 2.03. The summed E-state index contributed by atoms with van der Waals surface area (Å²) >= 11 is 5.89. The quantitative estimate of drug-likeness (QED) is 0.767. The molecule has 0 fully saturated rings. The number of aromatic nitrogens is 2. The molecule has 18 heavy (non-hydrogen) atoms. The second-order valence-corrected chi connectivity index (χ2v) is 4.53. The van der Waals surface area contributed by atoms with Gasteiger partial charge in [0.2, 0.25) is 0 Å². The van der Waals surface area contributed by atoms with Crippen molar-refractivity contribution in [3.05, 3.63) is 59.6 Å². The Kier molecular flexibility index (Phi) is 2.78. The van der Waals surface area contributed by atoms with E-state index in [9.17, 15) is 0 Å². The summed E-state index contributed by atoms with van der Waals surface area (Å²) in [6, 6.07) is 11.9. The molecular weight excluding hydrogens is 246 g/mol. The monoisotopic (exact) mass is 257 g/mol. The van der Waals surface area contributed by atoms with Crippen molar-refractivity contribution in [1.29, 1.82) is 0 Å². The Labute approximate surface area is 110 Å². The maximum atomic E-state index is 5.89. The first kappa shape index (κ1) is 11.3. The van der Waals surface area contributed by atoms with Crippen LogP contribution in [0.5, 0.6) is 0 Å². The van der Waals surface area contributed by atoms with Crippen molar-refractivity contribution < 1.29 is 0 Å². The van der Waals surface area contributed by atoms with Gasteiger partial charge in [-0.1, -0.05) is 23.7 Å². The molecule has 0 unspecified atom stereocenters. The third kappa shape index (κ3) is 1.88. The Morgan fingerprint density at radius 3 is 2.61 bits per heavy atom. The third-order valence-electron chi connectivity index (χ3n) is 2.97. The number of nitrogens with two attached hydrogens (primary N) is 1. The van der Waals surface area contributed by atoms with Crippen molar-refractivity contribution in [2.75, 3.05) is 0 Å². The van der Waals surface area contributed by atoms with Gasteiger partial charge in [0, 0.05) is 11.2 Å². The molecule has 3 rings (SSSR count). The zero-order valence-corrected chi connectivity index (χ0v) is 10.4. The van der Waals surface area contributed by atoms with E-state index in [-0.39, 0.29) is 0 Å². The van der Waals surface area contributed by atoms with Crippen LogP contribution in [0.2, 0.25) is 5.02 Å². The zero-order chi connectivity index (χ0) is 12.5. The van der Waals surface area contributed by atoms with E-state index >= 15 is 0 Å². The molecule has 0 aliphatic rings. The molecule has 0 aliphatic carbocycles. The predicted molar refractivity (Wildman–Crippen MR) is 73.5 cm³/mol. The Morgan fingerprint density at radius 1 is 1.11 bits per heavy atom. The van der Waals surface area contributed by atoms with Gasteiger partial charge in [-0.15, -0.1) is 0 Å². The van der Waals surface area contributed by atoms with E-state index in [1.165, 1.54) is 0 Å². The van der Waals surface area contributed by atoms with Crippen LogP contribution in [0.25, 0.3) is 16.6 Å². The SMILES string of the molecule is NCc1ncc2cc(-c3ccc(Cl)cc3)ccn12. The van der Waals surface area contributed by atoms with Gasteiger partial charge in [-0.25, -0.2) is 4.98 Å². The molecule has 0 aliphatic heterocycles. The summed E-state index contributed by atoms with van der Waals surface area (Å²) in [5.41, 5.74) is 8.95. The summed E-state index contributed by atoms with van der Waals surface area (Å²) in [6.45, 7) is 0.439. The summed E-state index contributed by atoms with van der Waals surface area (Å²) < 4.78 is 2.00. The first-order valence-corrected chi connectivity index (χ1v) is 6.08. The number of pyridine rings is 1. The number of halogens is 1. The number of rotatable bonds is 2. The Morgan fingerprint density at radius 2 is 1.89 bits per heavy atom. The second kappa shape index (κ2) is 4.44. The number of hydrogen-bond donors (Lipinski definition) is 1. The lowest BCUT2D eigenvalue weighted by Crippen LogP contribution is -2.02. The Balaban J connectivity index is 2.10. The molecule has 3 nitrogen and oxygen atoms in total. The van der Waals surface area contributed by atoms with Gasteiger partial charge in [0.15, 0.2) is 0 Å². The van der Waals surface area contributed by atoms with Gasteiger partial charge < -0.3 is 10.1 Å². The first-order valence-electron chi connectivity index (χ1n) is 5.70. The average molecular weight is 258 g/mol. The second-order valence-electron chi connectivity index (χ2n) is 4.10. The molecule has 4 heteroatoms. The number of hydrogen-bond acceptors (Lipinski definition) is 2. The van der Waals surface area contributed by atoms with Crippen molar-refractivity contribution in [2.24, 2.45) is 5.73 Å². The summed E-state index contributed by atoms with van der Waals surface area (Å²) in [7, 11) is 0. The van der Waals surface area contributed by atoms with E-state index in [2.05, 4.69) is 17.1 Å². The molecule has 90 valence electrons. The van der Waals surface area contributed by atoms with Crippen LogP contribution in [0.15, 0.2) is 48.8 Å². The van der Waals surface area contributed by atoms with E-state index in [1.54, 1.807) is 0 Å². The van der Waals surface area contributed by atoms with Crippen LogP contribution in [-0.4, -0.2) is 9.38 Å². The van der Waals surface area contributed by atoms with Crippen LogP contribution < -0.4 is 5.73 Å². The summed E-state index contributed by atoms with van der Waals surface area (Å²) in [6.07, 6.45) is 3.83. The van der Waals surface area contributed by atoms with Crippen molar-refractivity contribution in [1.82, 2.24) is 9.38 Å². The van der Waals surface area contributed by atoms with Crippen molar-refractivity contribution in [2.45, 2.75) is 6.54 Å². The molecule has 2 aromatic heterocycles. The average Bonchev–Trinajstić information content (AvgIpc) is 2.81. The zero-order valence-electron chi connectivity index (χ0n) is 9.68. The largest absolute Gasteiger partial charge is 0.324 e. The normalized spacial score (nSPS) is 11.0. The third-order valence-corrected chi connectivity index (χ3v) is 3.22. The minimum absolute atomic E-state index is 0.439. The fraction of sp³-hybridized carbons (Fsp3) is 0.0714. The van der Waals surface area contributed by atoms with Crippen molar-refractivity contribution >= 4 is 17.1 Å². The number of benzene rings is 1. The van der Waals surface area contributed by atoms with Crippen LogP contribution in [0.1, 0.15) is 5.82 Å². The minimum Gasteiger partial charge on any atom is -0.324 e. The van der Waals surface area contributed by atoms with Crippen molar-refractivity contribution in [3.8, 4) is 11.1 Å². The van der Waals surface area contributed by atoms with Gasteiger partial charge in [-0.05, 0) is 35.4 Å². The molecule has 0 amide bonds. The Bertz CT molecular complexity index is 686. The van der Waals surface area contributed by atoms with Crippen LogP contribution >= 0.6 is 11.6 Å². The highest BCUT2D eigenvalue weighted by Crippen LogP contribution is 2.23. The molecule has 2 N–H and O–H groups in total. The van der Waals surface area contributed by atoms with E-state index in [0.29, 0.717) is 6.54 Å². The highest BCUT2D eigenvalue weighted by molar-refractivity contribution is 6.30. The fourth-order valence-electron chi connectivity index (χ4n) is 2.03. The molecule has 0 saturated heterocycles.